The summed E-state index contributed by atoms with van der Waals surface area (Å²) in [5.41, 5.74) is 0.676. The SMILES string of the molecule is COc1cc(C)c(C)cc1S(=O)(=O)NCC(O)(c1cccs1)C1CC1. The van der Waals surface area contributed by atoms with Gasteiger partial charge in [0.05, 0.1) is 7.11 Å². The Morgan fingerprint density at radius 2 is 2.00 bits per heavy atom. The highest BCUT2D eigenvalue weighted by Gasteiger charge is 2.46. The zero-order valence-corrected chi connectivity index (χ0v) is 16.2. The van der Waals surface area contributed by atoms with Crippen LogP contribution in [0.4, 0.5) is 0 Å². The Hall–Kier alpha value is -1.41. The first-order valence-electron chi connectivity index (χ1n) is 8.19. The van der Waals surface area contributed by atoms with Crippen LogP contribution in [0.1, 0.15) is 28.8 Å². The third kappa shape index (κ3) is 3.60. The van der Waals surface area contributed by atoms with E-state index in [4.69, 9.17) is 4.74 Å². The maximum absolute atomic E-state index is 12.8. The summed E-state index contributed by atoms with van der Waals surface area (Å²) >= 11 is 1.45. The average molecular weight is 382 g/mol. The summed E-state index contributed by atoms with van der Waals surface area (Å²) < 4.78 is 33.5. The number of ether oxygens (including phenoxy) is 1. The number of sulfonamides is 1. The monoisotopic (exact) mass is 381 g/mol. The summed E-state index contributed by atoms with van der Waals surface area (Å²) in [5, 5.41) is 13.0. The van der Waals surface area contributed by atoms with Gasteiger partial charge in [0.25, 0.3) is 0 Å². The Balaban J connectivity index is 1.88. The molecular formula is C18H23NO4S2. The van der Waals surface area contributed by atoms with E-state index >= 15 is 0 Å². The van der Waals surface area contributed by atoms with E-state index in [2.05, 4.69) is 4.72 Å². The highest BCUT2D eigenvalue weighted by atomic mass is 32.2. The van der Waals surface area contributed by atoms with E-state index in [0.29, 0.717) is 5.75 Å². The van der Waals surface area contributed by atoms with E-state index in [1.807, 2.05) is 31.4 Å². The number of aryl methyl sites for hydroxylation is 2. The molecule has 1 aliphatic rings. The minimum absolute atomic E-state index is 0.0450. The second-order valence-electron chi connectivity index (χ2n) is 6.59. The molecule has 2 N–H and O–H groups in total. The number of rotatable bonds is 7. The molecule has 1 fully saturated rings. The van der Waals surface area contributed by atoms with Gasteiger partial charge in [-0.15, -0.1) is 11.3 Å². The van der Waals surface area contributed by atoms with Gasteiger partial charge in [-0.25, -0.2) is 13.1 Å². The summed E-state index contributed by atoms with van der Waals surface area (Å²) in [6.07, 6.45) is 1.81. The molecule has 136 valence electrons. The standard InChI is InChI=1S/C18H23NO4S2/c1-12-9-15(23-3)16(10-13(12)2)25(21,22)19-11-18(20,14-6-7-14)17-5-4-8-24-17/h4-5,8-10,14,19-20H,6-7,11H2,1-3H3. The minimum atomic E-state index is -3.80. The molecular weight excluding hydrogens is 358 g/mol. The molecule has 1 saturated carbocycles. The molecule has 1 aromatic heterocycles. The van der Waals surface area contributed by atoms with Crippen molar-refractivity contribution in [2.75, 3.05) is 13.7 Å². The third-order valence-corrected chi connectivity index (χ3v) is 7.26. The molecule has 3 rings (SSSR count). The van der Waals surface area contributed by atoms with Crippen molar-refractivity contribution in [3.05, 3.63) is 45.6 Å². The smallest absolute Gasteiger partial charge is 0.244 e. The van der Waals surface area contributed by atoms with E-state index in [0.717, 1.165) is 28.8 Å². The van der Waals surface area contributed by atoms with Crippen molar-refractivity contribution < 1.29 is 18.3 Å². The molecule has 1 aliphatic carbocycles. The molecule has 1 unspecified atom stereocenters. The van der Waals surface area contributed by atoms with Crippen LogP contribution in [0, 0.1) is 19.8 Å². The molecule has 0 bridgehead atoms. The van der Waals surface area contributed by atoms with Crippen LogP contribution in [0.15, 0.2) is 34.5 Å². The molecule has 2 aromatic rings. The van der Waals surface area contributed by atoms with Crippen molar-refractivity contribution in [3.8, 4) is 5.75 Å². The van der Waals surface area contributed by atoms with Gasteiger partial charge >= 0.3 is 0 Å². The van der Waals surface area contributed by atoms with Gasteiger partial charge in [-0.1, -0.05) is 6.07 Å². The fourth-order valence-electron chi connectivity index (χ4n) is 2.93. The van der Waals surface area contributed by atoms with Crippen LogP contribution < -0.4 is 9.46 Å². The lowest BCUT2D eigenvalue weighted by molar-refractivity contribution is 0.0222. The Morgan fingerprint density at radius 1 is 1.32 bits per heavy atom. The molecule has 1 heterocycles. The molecule has 0 saturated heterocycles. The Kier molecular flexibility index (Phi) is 4.94. The fraction of sp³-hybridized carbons (Fsp3) is 0.444. The number of methoxy groups -OCH3 is 1. The maximum Gasteiger partial charge on any atom is 0.244 e. The number of thiophene rings is 1. The van der Waals surface area contributed by atoms with Gasteiger partial charge in [0.2, 0.25) is 10.0 Å². The molecule has 1 atom stereocenters. The van der Waals surface area contributed by atoms with Crippen LogP contribution in [0.5, 0.6) is 5.75 Å². The third-order valence-electron chi connectivity index (χ3n) is 4.80. The number of aliphatic hydroxyl groups is 1. The second kappa shape index (κ2) is 6.72. The largest absolute Gasteiger partial charge is 0.495 e. The van der Waals surface area contributed by atoms with Crippen LogP contribution in [0.3, 0.4) is 0 Å². The zero-order chi connectivity index (χ0) is 18.2. The number of nitrogens with one attached hydrogen (secondary N) is 1. The van der Waals surface area contributed by atoms with E-state index in [1.165, 1.54) is 18.4 Å². The Labute approximate surface area is 152 Å². The van der Waals surface area contributed by atoms with Crippen molar-refractivity contribution in [1.29, 1.82) is 0 Å². The van der Waals surface area contributed by atoms with Gasteiger partial charge in [0, 0.05) is 11.4 Å². The predicted molar refractivity (Wildman–Crippen MR) is 98.6 cm³/mol. The highest BCUT2D eigenvalue weighted by Crippen LogP contribution is 2.47. The number of benzene rings is 1. The van der Waals surface area contributed by atoms with E-state index in [9.17, 15) is 13.5 Å². The van der Waals surface area contributed by atoms with Crippen LogP contribution in [-0.2, 0) is 15.6 Å². The van der Waals surface area contributed by atoms with Gasteiger partial charge in [0.1, 0.15) is 16.2 Å². The van der Waals surface area contributed by atoms with Crippen LogP contribution >= 0.6 is 11.3 Å². The second-order valence-corrected chi connectivity index (χ2v) is 9.27. The van der Waals surface area contributed by atoms with E-state index < -0.39 is 15.6 Å². The first kappa shape index (κ1) is 18.4. The normalized spacial score (nSPS) is 17.3. The van der Waals surface area contributed by atoms with Crippen molar-refractivity contribution in [1.82, 2.24) is 4.72 Å². The Bertz CT molecular complexity index is 857. The number of hydrogen-bond donors (Lipinski definition) is 2. The summed E-state index contributed by atoms with van der Waals surface area (Å²) in [4.78, 5) is 0.896. The fourth-order valence-corrected chi connectivity index (χ4v) is 5.14. The lowest BCUT2D eigenvalue weighted by atomic mass is 9.96. The van der Waals surface area contributed by atoms with Crippen molar-refractivity contribution in [3.63, 3.8) is 0 Å². The Morgan fingerprint density at radius 3 is 2.56 bits per heavy atom. The van der Waals surface area contributed by atoms with Crippen molar-refractivity contribution in [2.24, 2.45) is 5.92 Å². The topological polar surface area (TPSA) is 75.6 Å². The molecule has 25 heavy (non-hydrogen) atoms. The first-order chi connectivity index (χ1) is 11.8. The van der Waals surface area contributed by atoms with Crippen molar-refractivity contribution in [2.45, 2.75) is 37.2 Å². The minimum Gasteiger partial charge on any atom is -0.495 e. The molecule has 7 heteroatoms. The molecule has 0 spiro atoms. The van der Waals surface area contributed by atoms with Gasteiger partial charge in [-0.2, -0.15) is 0 Å². The van der Waals surface area contributed by atoms with Crippen molar-refractivity contribution >= 4 is 21.4 Å². The zero-order valence-electron chi connectivity index (χ0n) is 14.6. The van der Waals surface area contributed by atoms with E-state index in [-0.39, 0.29) is 17.4 Å². The summed E-state index contributed by atoms with van der Waals surface area (Å²) in [7, 11) is -2.35. The lowest BCUT2D eigenvalue weighted by Gasteiger charge is -2.27. The quantitative estimate of drug-likeness (QED) is 0.773. The molecule has 5 nitrogen and oxygen atoms in total. The average Bonchev–Trinajstić information content (AvgIpc) is 3.29. The summed E-state index contributed by atoms with van der Waals surface area (Å²) in [5.74, 6) is 0.400. The number of hydrogen-bond acceptors (Lipinski definition) is 5. The first-order valence-corrected chi connectivity index (χ1v) is 10.6. The van der Waals surface area contributed by atoms with Crippen LogP contribution in [0.25, 0.3) is 0 Å². The lowest BCUT2D eigenvalue weighted by Crippen LogP contribution is -2.42. The van der Waals surface area contributed by atoms with Crippen LogP contribution in [-0.4, -0.2) is 27.2 Å². The molecule has 0 radical (unpaired) electrons. The molecule has 0 aliphatic heterocycles. The summed E-state index contributed by atoms with van der Waals surface area (Å²) in [6.45, 7) is 3.72. The maximum atomic E-state index is 12.8. The van der Waals surface area contributed by atoms with Gasteiger partial charge in [-0.3, -0.25) is 0 Å². The highest BCUT2D eigenvalue weighted by molar-refractivity contribution is 7.89. The van der Waals surface area contributed by atoms with Crippen LogP contribution in [0.2, 0.25) is 0 Å². The molecule has 0 amide bonds. The van der Waals surface area contributed by atoms with Gasteiger partial charge in [-0.05, 0) is 67.3 Å². The molecule has 1 aromatic carbocycles. The summed E-state index contributed by atoms with van der Waals surface area (Å²) in [6, 6.07) is 7.05. The predicted octanol–water partition coefficient (Wildman–Crippen LogP) is 2.95. The van der Waals surface area contributed by atoms with Gasteiger partial charge in [0.15, 0.2) is 0 Å². The van der Waals surface area contributed by atoms with Gasteiger partial charge < -0.3 is 9.84 Å². The van der Waals surface area contributed by atoms with E-state index in [1.54, 1.807) is 12.1 Å².